The van der Waals surface area contributed by atoms with Gasteiger partial charge in [0.15, 0.2) is 0 Å². The summed E-state index contributed by atoms with van der Waals surface area (Å²) in [6.45, 7) is 6.78. The van der Waals surface area contributed by atoms with Gasteiger partial charge in [0.05, 0.1) is 0 Å². The van der Waals surface area contributed by atoms with Crippen LogP contribution in [0.4, 0.5) is 0 Å². The highest BCUT2D eigenvalue weighted by atomic mass is 16.2. The molecule has 0 aromatic rings. The Kier molecular flexibility index (Phi) is 2.88. The van der Waals surface area contributed by atoms with Crippen molar-refractivity contribution in [3.05, 3.63) is 0 Å². The number of likely N-dealkylation sites (N-methyl/N-ethyl adjacent to an activating group) is 2. The Balaban J connectivity index is 2.36. The second-order valence-electron chi connectivity index (χ2n) is 2.89. The van der Waals surface area contributed by atoms with Crippen molar-refractivity contribution in [2.24, 2.45) is 0 Å². The van der Waals surface area contributed by atoms with Gasteiger partial charge in [0.25, 0.3) is 0 Å². The highest BCUT2D eigenvalue weighted by molar-refractivity contribution is 5.79. The number of likely N-dealkylation sites (tertiary alicyclic amines) is 1. The summed E-state index contributed by atoms with van der Waals surface area (Å²) in [5.41, 5.74) is 0. The van der Waals surface area contributed by atoms with Crippen LogP contribution in [0.1, 0.15) is 20.3 Å². The molecule has 3 heteroatoms. The first-order chi connectivity index (χ1) is 5.27. The molecule has 0 aromatic carbocycles. The maximum absolute atomic E-state index is 11.2. The van der Waals surface area contributed by atoms with Crippen LogP contribution in [0.25, 0.3) is 0 Å². The molecule has 0 aliphatic carbocycles. The number of hydrogen-bond acceptors (Lipinski definition) is 2. The zero-order chi connectivity index (χ0) is 8.27. The van der Waals surface area contributed by atoms with Crippen LogP contribution in [0.2, 0.25) is 0 Å². The standard InChI is InChI=1S/C8H16N2O/c1-3-9-7-5-8(11)10(4-2)6-7/h7,9H,3-6H2,1-2H3/t7-/m0/s1. The van der Waals surface area contributed by atoms with E-state index in [0.29, 0.717) is 18.4 Å². The van der Waals surface area contributed by atoms with E-state index >= 15 is 0 Å². The highest BCUT2D eigenvalue weighted by Crippen LogP contribution is 2.09. The van der Waals surface area contributed by atoms with Crippen LogP contribution in [0.3, 0.4) is 0 Å². The lowest BCUT2D eigenvalue weighted by molar-refractivity contribution is -0.127. The molecule has 1 fully saturated rings. The van der Waals surface area contributed by atoms with E-state index in [0.717, 1.165) is 19.6 Å². The van der Waals surface area contributed by atoms with Crippen molar-refractivity contribution in [3.63, 3.8) is 0 Å². The first-order valence-electron chi connectivity index (χ1n) is 4.29. The molecule has 0 radical (unpaired) electrons. The van der Waals surface area contributed by atoms with Gasteiger partial charge in [-0.05, 0) is 13.5 Å². The van der Waals surface area contributed by atoms with Crippen molar-refractivity contribution in [1.29, 1.82) is 0 Å². The third kappa shape index (κ3) is 1.93. The van der Waals surface area contributed by atoms with E-state index in [-0.39, 0.29) is 0 Å². The monoisotopic (exact) mass is 156 g/mol. The molecule has 1 aliphatic heterocycles. The van der Waals surface area contributed by atoms with Crippen LogP contribution in [0, 0.1) is 0 Å². The van der Waals surface area contributed by atoms with E-state index < -0.39 is 0 Å². The minimum atomic E-state index is 0.290. The first-order valence-corrected chi connectivity index (χ1v) is 4.29. The smallest absolute Gasteiger partial charge is 0.224 e. The van der Waals surface area contributed by atoms with Crippen LogP contribution >= 0.6 is 0 Å². The van der Waals surface area contributed by atoms with Gasteiger partial charge in [-0.1, -0.05) is 6.92 Å². The van der Waals surface area contributed by atoms with Crippen molar-refractivity contribution in [3.8, 4) is 0 Å². The third-order valence-corrected chi connectivity index (χ3v) is 2.09. The van der Waals surface area contributed by atoms with Crippen molar-refractivity contribution >= 4 is 5.91 Å². The van der Waals surface area contributed by atoms with Gasteiger partial charge in [-0.2, -0.15) is 0 Å². The van der Waals surface area contributed by atoms with Gasteiger partial charge >= 0.3 is 0 Å². The molecule has 0 spiro atoms. The molecule has 1 saturated heterocycles. The Bertz CT molecular complexity index is 147. The van der Waals surface area contributed by atoms with Gasteiger partial charge < -0.3 is 10.2 Å². The van der Waals surface area contributed by atoms with Crippen LogP contribution in [0.5, 0.6) is 0 Å². The molecule has 1 amide bonds. The summed E-state index contributed by atoms with van der Waals surface area (Å²) in [5.74, 6) is 0.290. The summed E-state index contributed by atoms with van der Waals surface area (Å²) in [7, 11) is 0. The lowest BCUT2D eigenvalue weighted by Crippen LogP contribution is -2.32. The lowest BCUT2D eigenvalue weighted by Gasteiger charge is -2.13. The second-order valence-corrected chi connectivity index (χ2v) is 2.89. The number of amides is 1. The molecular formula is C8H16N2O. The number of carbonyl (C=O) groups is 1. The first kappa shape index (κ1) is 8.53. The molecule has 1 rings (SSSR count). The molecule has 0 unspecified atom stereocenters. The number of hydrogen-bond donors (Lipinski definition) is 1. The largest absolute Gasteiger partial charge is 0.341 e. The molecule has 11 heavy (non-hydrogen) atoms. The highest BCUT2D eigenvalue weighted by Gasteiger charge is 2.26. The number of nitrogens with zero attached hydrogens (tertiary/aromatic N) is 1. The van der Waals surface area contributed by atoms with Crippen molar-refractivity contribution in [2.45, 2.75) is 26.3 Å². The van der Waals surface area contributed by atoms with Crippen LogP contribution in [-0.2, 0) is 4.79 Å². The molecule has 64 valence electrons. The zero-order valence-corrected chi connectivity index (χ0v) is 7.26. The van der Waals surface area contributed by atoms with Crippen molar-refractivity contribution in [1.82, 2.24) is 10.2 Å². The molecule has 1 heterocycles. The average Bonchev–Trinajstić information content (AvgIpc) is 2.32. The quantitative estimate of drug-likeness (QED) is 0.634. The minimum Gasteiger partial charge on any atom is -0.341 e. The summed E-state index contributed by atoms with van der Waals surface area (Å²) in [6, 6.07) is 0.396. The molecule has 0 bridgehead atoms. The maximum atomic E-state index is 11.2. The fraction of sp³-hybridized carbons (Fsp3) is 0.875. The van der Waals surface area contributed by atoms with E-state index in [4.69, 9.17) is 0 Å². The van der Waals surface area contributed by atoms with E-state index in [2.05, 4.69) is 12.2 Å². The van der Waals surface area contributed by atoms with E-state index in [1.54, 1.807) is 0 Å². The molecule has 3 nitrogen and oxygen atoms in total. The topological polar surface area (TPSA) is 32.3 Å². The zero-order valence-electron chi connectivity index (χ0n) is 7.26. The summed E-state index contributed by atoms with van der Waals surface area (Å²) in [5, 5.41) is 3.28. The average molecular weight is 156 g/mol. The fourth-order valence-corrected chi connectivity index (χ4v) is 1.50. The summed E-state index contributed by atoms with van der Waals surface area (Å²) >= 11 is 0. The Morgan fingerprint density at radius 1 is 1.64 bits per heavy atom. The molecule has 1 N–H and O–H groups in total. The van der Waals surface area contributed by atoms with Gasteiger partial charge in [0.2, 0.25) is 5.91 Å². The summed E-state index contributed by atoms with van der Waals surface area (Å²) in [4.78, 5) is 13.1. The summed E-state index contributed by atoms with van der Waals surface area (Å²) in [6.07, 6.45) is 0.682. The second kappa shape index (κ2) is 3.72. The third-order valence-electron chi connectivity index (χ3n) is 2.09. The van der Waals surface area contributed by atoms with E-state index in [1.165, 1.54) is 0 Å². The lowest BCUT2D eigenvalue weighted by atomic mass is 10.2. The van der Waals surface area contributed by atoms with Crippen LogP contribution in [-0.4, -0.2) is 36.5 Å². The van der Waals surface area contributed by atoms with E-state index in [9.17, 15) is 4.79 Å². The predicted molar refractivity (Wildman–Crippen MR) is 44.3 cm³/mol. The Morgan fingerprint density at radius 3 is 2.82 bits per heavy atom. The van der Waals surface area contributed by atoms with Gasteiger partial charge in [-0.15, -0.1) is 0 Å². The Morgan fingerprint density at radius 2 is 2.36 bits per heavy atom. The van der Waals surface area contributed by atoms with Gasteiger partial charge in [-0.3, -0.25) is 4.79 Å². The number of nitrogens with one attached hydrogen (secondary N) is 1. The Hall–Kier alpha value is -0.570. The molecule has 1 aliphatic rings. The number of rotatable bonds is 3. The Labute approximate surface area is 67.8 Å². The van der Waals surface area contributed by atoms with Crippen molar-refractivity contribution < 1.29 is 4.79 Å². The van der Waals surface area contributed by atoms with Gasteiger partial charge in [-0.25, -0.2) is 0 Å². The van der Waals surface area contributed by atoms with Crippen molar-refractivity contribution in [2.75, 3.05) is 19.6 Å². The number of carbonyl (C=O) groups excluding carboxylic acids is 1. The van der Waals surface area contributed by atoms with E-state index in [1.807, 2.05) is 11.8 Å². The fourth-order valence-electron chi connectivity index (χ4n) is 1.50. The van der Waals surface area contributed by atoms with Crippen LogP contribution < -0.4 is 5.32 Å². The molecule has 0 saturated carbocycles. The van der Waals surface area contributed by atoms with Crippen LogP contribution in [0.15, 0.2) is 0 Å². The molecule has 1 atom stereocenters. The van der Waals surface area contributed by atoms with Gasteiger partial charge in [0.1, 0.15) is 0 Å². The molecular weight excluding hydrogens is 140 g/mol. The SMILES string of the molecule is CCN[C@H]1CC(=O)N(CC)C1. The summed E-state index contributed by atoms with van der Waals surface area (Å²) < 4.78 is 0. The minimum absolute atomic E-state index is 0.290. The maximum Gasteiger partial charge on any atom is 0.224 e. The predicted octanol–water partition coefficient (Wildman–Crippen LogP) is 0.217. The normalized spacial score (nSPS) is 24.7. The molecule has 0 aromatic heterocycles. The van der Waals surface area contributed by atoms with Gasteiger partial charge in [0, 0.05) is 25.6 Å².